The first-order valence-electron chi connectivity index (χ1n) is 6.65. The smallest absolute Gasteiger partial charge is 0.217 e. The Morgan fingerprint density at radius 1 is 1.16 bits per heavy atom. The monoisotopic (exact) mass is 265 g/mol. The Morgan fingerprint density at radius 3 is 2.37 bits per heavy atom. The van der Waals surface area contributed by atoms with E-state index in [9.17, 15) is 4.79 Å². The number of rotatable bonds is 8. The maximum Gasteiger partial charge on any atom is 0.217 e. The zero-order valence-electron chi connectivity index (χ0n) is 11.9. The van der Waals surface area contributed by atoms with E-state index in [0.29, 0.717) is 6.42 Å². The van der Waals surface area contributed by atoms with E-state index in [2.05, 4.69) is 20.6 Å². The SMILES string of the molecule is CCNc1nc(C)nc(NCCCCC(N)=O)c1C. The van der Waals surface area contributed by atoms with Crippen LogP contribution in [0.5, 0.6) is 0 Å². The van der Waals surface area contributed by atoms with Crippen molar-refractivity contribution in [3.8, 4) is 0 Å². The second-order valence-electron chi connectivity index (χ2n) is 4.47. The third kappa shape index (κ3) is 5.11. The first kappa shape index (κ1) is 15.2. The highest BCUT2D eigenvalue weighted by Crippen LogP contribution is 2.19. The van der Waals surface area contributed by atoms with Gasteiger partial charge in [0.25, 0.3) is 0 Å². The highest BCUT2D eigenvalue weighted by molar-refractivity contribution is 5.73. The number of nitrogens with two attached hydrogens (primary N) is 1. The summed E-state index contributed by atoms with van der Waals surface area (Å²) in [5, 5.41) is 6.50. The molecule has 6 heteroatoms. The number of hydrogen-bond acceptors (Lipinski definition) is 5. The Morgan fingerprint density at radius 2 is 1.79 bits per heavy atom. The van der Waals surface area contributed by atoms with Crippen molar-refractivity contribution < 1.29 is 4.79 Å². The van der Waals surface area contributed by atoms with Gasteiger partial charge in [-0.1, -0.05) is 0 Å². The van der Waals surface area contributed by atoms with Crippen LogP contribution in [0.25, 0.3) is 0 Å². The second-order valence-corrected chi connectivity index (χ2v) is 4.47. The summed E-state index contributed by atoms with van der Waals surface area (Å²) in [6.07, 6.45) is 2.12. The summed E-state index contributed by atoms with van der Waals surface area (Å²) >= 11 is 0. The lowest BCUT2D eigenvalue weighted by atomic mass is 10.2. The number of primary amides is 1. The molecule has 0 aromatic carbocycles. The molecule has 0 radical (unpaired) electrons. The Kier molecular flexibility index (Phi) is 6.05. The zero-order valence-corrected chi connectivity index (χ0v) is 11.9. The van der Waals surface area contributed by atoms with E-state index >= 15 is 0 Å². The number of aryl methyl sites for hydroxylation is 1. The lowest BCUT2D eigenvalue weighted by Crippen LogP contribution is -2.12. The Hall–Kier alpha value is -1.85. The number of nitrogens with one attached hydrogen (secondary N) is 2. The summed E-state index contributed by atoms with van der Waals surface area (Å²) in [5.41, 5.74) is 6.11. The zero-order chi connectivity index (χ0) is 14.3. The predicted octanol–water partition coefficient (Wildman–Crippen LogP) is 1.59. The lowest BCUT2D eigenvalue weighted by Gasteiger charge is -2.13. The minimum Gasteiger partial charge on any atom is -0.370 e. The predicted molar refractivity (Wildman–Crippen MR) is 77.2 cm³/mol. The molecule has 0 saturated heterocycles. The van der Waals surface area contributed by atoms with Crippen LogP contribution in [-0.2, 0) is 4.79 Å². The standard InChI is InChI=1S/C13H23N5O/c1-4-15-12-9(2)13(18-10(3)17-12)16-8-6-5-7-11(14)19/h4-8H2,1-3H3,(H2,14,19)(H2,15,16,17,18). The van der Waals surface area contributed by atoms with Crippen LogP contribution in [0.15, 0.2) is 0 Å². The molecule has 0 bridgehead atoms. The molecule has 0 fully saturated rings. The first-order chi connectivity index (χ1) is 9.04. The molecule has 0 spiro atoms. The Bertz CT molecular complexity index is 433. The van der Waals surface area contributed by atoms with E-state index in [1.165, 1.54) is 0 Å². The summed E-state index contributed by atoms with van der Waals surface area (Å²) in [4.78, 5) is 19.4. The molecule has 1 heterocycles. The van der Waals surface area contributed by atoms with Crippen molar-refractivity contribution in [3.63, 3.8) is 0 Å². The molecule has 1 amide bonds. The number of anilines is 2. The molecule has 0 aliphatic rings. The van der Waals surface area contributed by atoms with Gasteiger partial charge in [0.05, 0.1) is 0 Å². The van der Waals surface area contributed by atoms with Gasteiger partial charge in [0.15, 0.2) is 0 Å². The van der Waals surface area contributed by atoms with E-state index in [4.69, 9.17) is 5.73 Å². The van der Waals surface area contributed by atoms with E-state index in [0.717, 1.165) is 49.0 Å². The number of amides is 1. The molecular weight excluding hydrogens is 242 g/mol. The fraction of sp³-hybridized carbons (Fsp3) is 0.615. The molecule has 4 N–H and O–H groups in total. The van der Waals surface area contributed by atoms with Crippen molar-refractivity contribution in [3.05, 3.63) is 11.4 Å². The van der Waals surface area contributed by atoms with Gasteiger partial charge in [-0.05, 0) is 33.6 Å². The second kappa shape index (κ2) is 7.56. The number of aromatic nitrogens is 2. The van der Waals surface area contributed by atoms with Crippen LogP contribution < -0.4 is 16.4 Å². The summed E-state index contributed by atoms with van der Waals surface area (Å²) in [6, 6.07) is 0. The lowest BCUT2D eigenvalue weighted by molar-refractivity contribution is -0.118. The topological polar surface area (TPSA) is 92.9 Å². The van der Waals surface area contributed by atoms with Gasteiger partial charge in [0.2, 0.25) is 5.91 Å². The van der Waals surface area contributed by atoms with Crippen LogP contribution >= 0.6 is 0 Å². The third-order valence-corrected chi connectivity index (χ3v) is 2.74. The normalized spacial score (nSPS) is 10.3. The van der Waals surface area contributed by atoms with Gasteiger partial charge in [0, 0.05) is 25.1 Å². The highest BCUT2D eigenvalue weighted by Gasteiger charge is 2.07. The number of hydrogen-bond donors (Lipinski definition) is 3. The third-order valence-electron chi connectivity index (χ3n) is 2.74. The number of unbranched alkanes of at least 4 members (excludes halogenated alkanes) is 1. The van der Waals surface area contributed by atoms with Crippen LogP contribution in [-0.4, -0.2) is 29.0 Å². The van der Waals surface area contributed by atoms with Gasteiger partial charge in [-0.25, -0.2) is 9.97 Å². The van der Waals surface area contributed by atoms with E-state index < -0.39 is 0 Å². The van der Waals surface area contributed by atoms with E-state index in [-0.39, 0.29) is 5.91 Å². The largest absolute Gasteiger partial charge is 0.370 e. The molecule has 6 nitrogen and oxygen atoms in total. The van der Waals surface area contributed by atoms with Crippen LogP contribution in [0.3, 0.4) is 0 Å². The minimum atomic E-state index is -0.247. The Labute approximate surface area is 114 Å². The van der Waals surface area contributed by atoms with Crippen LogP contribution in [0.1, 0.15) is 37.6 Å². The average Bonchev–Trinajstić information content (AvgIpc) is 2.34. The van der Waals surface area contributed by atoms with Gasteiger partial charge in [-0.3, -0.25) is 4.79 Å². The fourth-order valence-corrected chi connectivity index (χ4v) is 1.77. The van der Waals surface area contributed by atoms with Crippen molar-refractivity contribution in [2.45, 2.75) is 40.0 Å². The molecule has 19 heavy (non-hydrogen) atoms. The van der Waals surface area contributed by atoms with Crippen molar-refractivity contribution in [2.24, 2.45) is 5.73 Å². The van der Waals surface area contributed by atoms with Gasteiger partial charge >= 0.3 is 0 Å². The summed E-state index contributed by atoms with van der Waals surface area (Å²) in [5.74, 6) is 2.21. The molecule has 0 saturated carbocycles. The summed E-state index contributed by atoms with van der Waals surface area (Å²) in [7, 11) is 0. The summed E-state index contributed by atoms with van der Waals surface area (Å²) in [6.45, 7) is 7.50. The van der Waals surface area contributed by atoms with E-state index in [1.807, 2.05) is 20.8 Å². The molecule has 106 valence electrons. The van der Waals surface area contributed by atoms with Crippen LogP contribution in [0.2, 0.25) is 0 Å². The van der Waals surface area contributed by atoms with Crippen molar-refractivity contribution in [1.82, 2.24) is 9.97 Å². The molecule has 0 atom stereocenters. The molecule has 0 aliphatic carbocycles. The van der Waals surface area contributed by atoms with Gasteiger partial charge in [0.1, 0.15) is 17.5 Å². The minimum absolute atomic E-state index is 0.247. The Balaban J connectivity index is 2.55. The quantitative estimate of drug-likeness (QED) is 0.621. The molecular formula is C13H23N5O. The average molecular weight is 265 g/mol. The number of carbonyl (C=O) groups excluding carboxylic acids is 1. The first-order valence-corrected chi connectivity index (χ1v) is 6.65. The molecule has 1 aromatic heterocycles. The molecule has 0 unspecified atom stereocenters. The molecule has 1 aromatic rings. The van der Waals surface area contributed by atoms with Crippen molar-refractivity contribution in [1.29, 1.82) is 0 Å². The highest BCUT2D eigenvalue weighted by atomic mass is 16.1. The van der Waals surface area contributed by atoms with Crippen LogP contribution in [0, 0.1) is 13.8 Å². The molecule has 1 rings (SSSR count). The van der Waals surface area contributed by atoms with Crippen molar-refractivity contribution >= 4 is 17.5 Å². The summed E-state index contributed by atoms with van der Waals surface area (Å²) < 4.78 is 0. The molecule has 0 aliphatic heterocycles. The number of nitrogens with zero attached hydrogens (tertiary/aromatic N) is 2. The van der Waals surface area contributed by atoms with Gasteiger partial charge < -0.3 is 16.4 Å². The van der Waals surface area contributed by atoms with Crippen LogP contribution in [0.4, 0.5) is 11.6 Å². The van der Waals surface area contributed by atoms with Crippen molar-refractivity contribution in [2.75, 3.05) is 23.7 Å². The maximum absolute atomic E-state index is 10.6. The number of carbonyl (C=O) groups is 1. The van der Waals surface area contributed by atoms with Gasteiger partial charge in [-0.15, -0.1) is 0 Å². The maximum atomic E-state index is 10.6. The van der Waals surface area contributed by atoms with Gasteiger partial charge in [-0.2, -0.15) is 0 Å². The fourth-order valence-electron chi connectivity index (χ4n) is 1.77. The van der Waals surface area contributed by atoms with E-state index in [1.54, 1.807) is 0 Å².